The molecular formula is C33H39Cl2N3O4S. The fourth-order valence-corrected chi connectivity index (χ4v) is 6.97. The largest absolute Gasteiger partial charge is 0.352 e. The standard InChI is InChI=1S/C33H39Cl2N3O4S/c1-23-12-10-19-30(24(23)2)38(43(3,41)42)22-32(39)37(21-27-28(34)17-11-18-29(27)35)31(20-25-13-6-4-7-14-25)33(40)36-26-15-8-5-9-16-26/h4,6-7,10-14,17-19,26,31H,5,8-9,15-16,20-22H2,1-3H3,(H,36,40)/t31-/m0/s1. The van der Waals surface area contributed by atoms with Crippen molar-refractivity contribution in [1.82, 2.24) is 10.2 Å². The summed E-state index contributed by atoms with van der Waals surface area (Å²) in [4.78, 5) is 29.9. The summed E-state index contributed by atoms with van der Waals surface area (Å²) in [6.45, 7) is 3.15. The summed E-state index contributed by atoms with van der Waals surface area (Å²) in [6, 6.07) is 19.0. The van der Waals surface area contributed by atoms with Gasteiger partial charge in [-0.1, -0.05) is 91.0 Å². The van der Waals surface area contributed by atoms with Gasteiger partial charge in [0.1, 0.15) is 12.6 Å². The smallest absolute Gasteiger partial charge is 0.244 e. The van der Waals surface area contributed by atoms with E-state index in [1.54, 1.807) is 30.3 Å². The third kappa shape index (κ3) is 8.52. The van der Waals surface area contributed by atoms with Gasteiger partial charge in [0.25, 0.3) is 0 Å². The van der Waals surface area contributed by atoms with Gasteiger partial charge in [0, 0.05) is 34.6 Å². The highest BCUT2D eigenvalue weighted by Gasteiger charge is 2.35. The maximum atomic E-state index is 14.4. The second-order valence-corrected chi connectivity index (χ2v) is 14.0. The third-order valence-electron chi connectivity index (χ3n) is 8.14. The minimum Gasteiger partial charge on any atom is -0.352 e. The molecule has 0 saturated heterocycles. The van der Waals surface area contributed by atoms with E-state index in [-0.39, 0.29) is 24.9 Å². The number of nitrogens with one attached hydrogen (secondary N) is 1. The van der Waals surface area contributed by atoms with Crippen molar-refractivity contribution in [2.75, 3.05) is 17.1 Å². The van der Waals surface area contributed by atoms with Crippen molar-refractivity contribution >= 4 is 50.7 Å². The molecule has 10 heteroatoms. The molecule has 1 aliphatic rings. The summed E-state index contributed by atoms with van der Waals surface area (Å²) in [5.41, 5.74) is 3.41. The zero-order valence-corrected chi connectivity index (χ0v) is 27.2. The molecule has 0 aromatic heterocycles. The molecule has 3 aromatic rings. The molecule has 2 amide bonds. The van der Waals surface area contributed by atoms with Crippen LogP contribution < -0.4 is 9.62 Å². The highest BCUT2D eigenvalue weighted by atomic mass is 35.5. The minimum absolute atomic E-state index is 0.0165. The second kappa shape index (κ2) is 14.6. The van der Waals surface area contributed by atoms with Crippen LogP contribution in [0.2, 0.25) is 10.0 Å². The minimum atomic E-state index is -3.87. The van der Waals surface area contributed by atoms with Crippen molar-refractivity contribution in [3.05, 3.63) is 99.0 Å². The van der Waals surface area contributed by atoms with Crippen molar-refractivity contribution in [3.63, 3.8) is 0 Å². The number of aryl methyl sites for hydroxylation is 1. The number of hydrogen-bond donors (Lipinski definition) is 1. The summed E-state index contributed by atoms with van der Waals surface area (Å²) < 4.78 is 27.3. The number of sulfonamides is 1. The van der Waals surface area contributed by atoms with Gasteiger partial charge in [-0.05, 0) is 61.6 Å². The zero-order chi connectivity index (χ0) is 31.1. The number of anilines is 1. The van der Waals surface area contributed by atoms with Crippen LogP contribution in [0.5, 0.6) is 0 Å². The number of carbonyl (C=O) groups excluding carboxylic acids is 2. The molecule has 1 saturated carbocycles. The average molecular weight is 645 g/mol. The predicted molar refractivity (Wildman–Crippen MR) is 174 cm³/mol. The molecule has 7 nitrogen and oxygen atoms in total. The topological polar surface area (TPSA) is 86.8 Å². The molecule has 230 valence electrons. The van der Waals surface area contributed by atoms with Crippen LogP contribution in [0.25, 0.3) is 0 Å². The van der Waals surface area contributed by atoms with Gasteiger partial charge in [-0.15, -0.1) is 0 Å². The Morgan fingerprint density at radius 2 is 1.53 bits per heavy atom. The molecular weight excluding hydrogens is 605 g/mol. The van der Waals surface area contributed by atoms with Crippen LogP contribution >= 0.6 is 23.2 Å². The van der Waals surface area contributed by atoms with E-state index in [0.29, 0.717) is 21.3 Å². The van der Waals surface area contributed by atoms with Crippen LogP contribution in [0.15, 0.2) is 66.7 Å². The van der Waals surface area contributed by atoms with Crippen molar-refractivity contribution in [2.24, 2.45) is 0 Å². The van der Waals surface area contributed by atoms with Crippen molar-refractivity contribution in [2.45, 2.75) is 71.0 Å². The van der Waals surface area contributed by atoms with Gasteiger partial charge in [0.15, 0.2) is 0 Å². The van der Waals surface area contributed by atoms with Gasteiger partial charge >= 0.3 is 0 Å². The van der Waals surface area contributed by atoms with Crippen LogP contribution in [0, 0.1) is 13.8 Å². The van der Waals surface area contributed by atoms with E-state index in [0.717, 1.165) is 59.4 Å². The Bertz CT molecular complexity index is 1520. The quantitative estimate of drug-likeness (QED) is 0.260. The molecule has 1 fully saturated rings. The second-order valence-electron chi connectivity index (χ2n) is 11.3. The number of halogens is 2. The van der Waals surface area contributed by atoms with Gasteiger partial charge in [-0.25, -0.2) is 8.42 Å². The van der Waals surface area contributed by atoms with Crippen molar-refractivity contribution < 1.29 is 18.0 Å². The molecule has 1 aliphatic carbocycles. The number of rotatable bonds is 11. The van der Waals surface area contributed by atoms with Crippen LogP contribution in [-0.4, -0.2) is 50.0 Å². The molecule has 0 heterocycles. The molecule has 0 aliphatic heterocycles. The van der Waals surface area contributed by atoms with Gasteiger partial charge in [0.05, 0.1) is 11.9 Å². The Morgan fingerprint density at radius 1 is 0.907 bits per heavy atom. The van der Waals surface area contributed by atoms with Crippen LogP contribution in [0.1, 0.15) is 54.4 Å². The van der Waals surface area contributed by atoms with E-state index in [1.807, 2.05) is 50.2 Å². The first kappa shape index (κ1) is 32.8. The fraction of sp³-hybridized carbons (Fsp3) is 0.394. The average Bonchev–Trinajstić information content (AvgIpc) is 2.97. The number of nitrogens with zero attached hydrogens (tertiary/aromatic N) is 2. The lowest BCUT2D eigenvalue weighted by atomic mass is 9.94. The summed E-state index contributed by atoms with van der Waals surface area (Å²) in [5.74, 6) is -0.827. The monoisotopic (exact) mass is 643 g/mol. The normalized spacial score (nSPS) is 14.6. The fourth-order valence-electron chi connectivity index (χ4n) is 5.55. The SMILES string of the molecule is Cc1cccc(N(CC(=O)N(Cc2c(Cl)cccc2Cl)[C@@H](Cc2ccccc2)C(=O)NC2CCCCC2)S(C)(=O)=O)c1C. The Kier molecular flexibility index (Phi) is 11.2. The molecule has 1 N–H and O–H groups in total. The van der Waals surface area contributed by atoms with E-state index in [2.05, 4.69) is 5.32 Å². The Hall–Kier alpha value is -3.07. The molecule has 4 rings (SSSR count). The van der Waals surface area contributed by atoms with Crippen LogP contribution in [0.4, 0.5) is 5.69 Å². The number of carbonyl (C=O) groups is 2. The molecule has 0 radical (unpaired) electrons. The molecule has 0 spiro atoms. The highest BCUT2D eigenvalue weighted by Crippen LogP contribution is 2.29. The molecule has 3 aromatic carbocycles. The van der Waals surface area contributed by atoms with E-state index < -0.39 is 28.5 Å². The van der Waals surface area contributed by atoms with Crippen molar-refractivity contribution in [3.8, 4) is 0 Å². The molecule has 0 bridgehead atoms. The summed E-state index contributed by atoms with van der Waals surface area (Å²) in [7, 11) is -3.87. The van der Waals surface area contributed by atoms with Crippen LogP contribution in [0.3, 0.4) is 0 Å². The summed E-state index contributed by atoms with van der Waals surface area (Å²) >= 11 is 13.1. The lowest BCUT2D eigenvalue weighted by Gasteiger charge is -2.35. The molecule has 43 heavy (non-hydrogen) atoms. The summed E-state index contributed by atoms with van der Waals surface area (Å²) in [5, 5.41) is 3.90. The van der Waals surface area contributed by atoms with Gasteiger partial charge in [0.2, 0.25) is 21.8 Å². The zero-order valence-electron chi connectivity index (χ0n) is 24.9. The van der Waals surface area contributed by atoms with E-state index in [9.17, 15) is 18.0 Å². The molecule has 0 unspecified atom stereocenters. The van der Waals surface area contributed by atoms with Gasteiger partial charge < -0.3 is 10.2 Å². The first-order valence-electron chi connectivity index (χ1n) is 14.6. The highest BCUT2D eigenvalue weighted by molar-refractivity contribution is 7.92. The third-order valence-corrected chi connectivity index (χ3v) is 9.97. The van der Waals surface area contributed by atoms with Gasteiger partial charge in [-0.3, -0.25) is 13.9 Å². The Labute approximate surface area is 265 Å². The van der Waals surface area contributed by atoms with E-state index in [1.165, 1.54) is 4.90 Å². The van der Waals surface area contributed by atoms with E-state index >= 15 is 0 Å². The predicted octanol–water partition coefficient (Wildman–Crippen LogP) is 6.47. The van der Waals surface area contributed by atoms with E-state index in [4.69, 9.17) is 23.2 Å². The lowest BCUT2D eigenvalue weighted by Crippen LogP contribution is -2.55. The number of benzene rings is 3. The maximum absolute atomic E-state index is 14.4. The number of hydrogen-bond acceptors (Lipinski definition) is 4. The molecule has 1 atom stereocenters. The first-order valence-corrected chi connectivity index (χ1v) is 17.2. The Balaban J connectivity index is 1.78. The lowest BCUT2D eigenvalue weighted by molar-refractivity contribution is -0.140. The van der Waals surface area contributed by atoms with Gasteiger partial charge in [-0.2, -0.15) is 0 Å². The van der Waals surface area contributed by atoms with Crippen LogP contribution in [-0.2, 0) is 32.6 Å². The summed E-state index contributed by atoms with van der Waals surface area (Å²) in [6.07, 6.45) is 6.26. The maximum Gasteiger partial charge on any atom is 0.244 e. The Morgan fingerprint density at radius 3 is 2.16 bits per heavy atom. The first-order chi connectivity index (χ1) is 20.5. The number of amides is 2. The van der Waals surface area contributed by atoms with Crippen molar-refractivity contribution in [1.29, 1.82) is 0 Å².